The second-order valence-electron chi connectivity index (χ2n) is 5.61. The third kappa shape index (κ3) is 1.91. The number of para-hydroxylation sites is 1. The molecule has 4 heteroatoms. The van der Waals surface area contributed by atoms with Crippen LogP contribution in [0.2, 0.25) is 0 Å². The second-order valence-corrected chi connectivity index (χ2v) is 5.61. The molecule has 1 heterocycles. The van der Waals surface area contributed by atoms with E-state index in [1.807, 2.05) is 32.0 Å². The number of carboxylic acid groups (broad SMARTS) is 1. The monoisotopic (exact) mass is 261 g/mol. The minimum Gasteiger partial charge on any atom is -0.481 e. The van der Waals surface area contributed by atoms with Crippen molar-refractivity contribution < 1.29 is 14.7 Å². The zero-order valence-electron chi connectivity index (χ0n) is 11.7. The number of aliphatic carboxylic acids is 1. The summed E-state index contributed by atoms with van der Waals surface area (Å²) < 4.78 is 0. The van der Waals surface area contributed by atoms with Crippen molar-refractivity contribution in [3.8, 4) is 0 Å². The summed E-state index contributed by atoms with van der Waals surface area (Å²) in [5.74, 6) is -1.53. The molecule has 1 fully saturated rings. The maximum Gasteiger partial charge on any atom is 0.311 e. The summed E-state index contributed by atoms with van der Waals surface area (Å²) in [6, 6.07) is 5.82. The molecule has 4 nitrogen and oxygen atoms in total. The van der Waals surface area contributed by atoms with Gasteiger partial charge in [-0.25, -0.2) is 0 Å². The first-order valence-corrected chi connectivity index (χ1v) is 6.40. The van der Waals surface area contributed by atoms with E-state index in [0.29, 0.717) is 0 Å². The van der Waals surface area contributed by atoms with E-state index >= 15 is 0 Å². The Morgan fingerprint density at radius 2 is 1.89 bits per heavy atom. The average Bonchev–Trinajstić information content (AvgIpc) is 2.55. The summed E-state index contributed by atoms with van der Waals surface area (Å²) in [4.78, 5) is 25.5. The van der Waals surface area contributed by atoms with Crippen molar-refractivity contribution in [3.05, 3.63) is 29.3 Å². The molecule has 2 atom stereocenters. The number of nitrogens with zero attached hydrogens (tertiary/aromatic N) is 1. The zero-order chi connectivity index (χ0) is 14.4. The van der Waals surface area contributed by atoms with Gasteiger partial charge in [-0.05, 0) is 31.9 Å². The van der Waals surface area contributed by atoms with Crippen LogP contribution >= 0.6 is 0 Å². The lowest BCUT2D eigenvalue weighted by atomic mass is 9.81. The predicted molar refractivity (Wildman–Crippen MR) is 73.2 cm³/mol. The lowest BCUT2D eigenvalue weighted by Crippen LogP contribution is -2.35. The summed E-state index contributed by atoms with van der Waals surface area (Å²) >= 11 is 0. The number of carboxylic acids is 1. The highest BCUT2D eigenvalue weighted by Gasteiger charge is 2.52. The van der Waals surface area contributed by atoms with Crippen LogP contribution in [0.25, 0.3) is 0 Å². The number of rotatable bonds is 2. The first kappa shape index (κ1) is 13.6. The maximum absolute atomic E-state index is 12.4. The molecule has 19 heavy (non-hydrogen) atoms. The molecule has 1 aromatic rings. The Labute approximate surface area is 113 Å². The molecule has 0 bridgehead atoms. The number of hydrogen-bond donors (Lipinski definition) is 1. The van der Waals surface area contributed by atoms with Gasteiger partial charge in [-0.3, -0.25) is 9.59 Å². The Kier molecular flexibility index (Phi) is 3.12. The number of amides is 1. The molecule has 1 N–H and O–H groups in total. The highest BCUT2D eigenvalue weighted by atomic mass is 16.4. The van der Waals surface area contributed by atoms with Crippen LogP contribution in [-0.2, 0) is 9.59 Å². The molecule has 0 radical (unpaired) electrons. The summed E-state index contributed by atoms with van der Waals surface area (Å²) in [7, 11) is 0. The van der Waals surface area contributed by atoms with Crippen molar-refractivity contribution in [2.75, 3.05) is 11.4 Å². The van der Waals surface area contributed by atoms with Crippen molar-refractivity contribution in [3.63, 3.8) is 0 Å². The predicted octanol–water partition coefficient (Wildman–Crippen LogP) is 2.38. The fraction of sp³-hybridized carbons (Fsp3) is 0.467. The Balaban J connectivity index is 2.49. The van der Waals surface area contributed by atoms with Gasteiger partial charge in [-0.2, -0.15) is 0 Å². The molecule has 0 spiro atoms. The van der Waals surface area contributed by atoms with E-state index in [0.717, 1.165) is 16.8 Å². The first-order valence-electron chi connectivity index (χ1n) is 6.40. The highest BCUT2D eigenvalue weighted by molar-refractivity contribution is 6.03. The topological polar surface area (TPSA) is 57.6 Å². The van der Waals surface area contributed by atoms with Gasteiger partial charge in [0.2, 0.25) is 5.91 Å². The van der Waals surface area contributed by atoms with Crippen LogP contribution in [0.5, 0.6) is 0 Å². The summed E-state index contributed by atoms with van der Waals surface area (Å²) in [5.41, 5.74) is 1.82. The molecule has 1 saturated heterocycles. The van der Waals surface area contributed by atoms with Crippen LogP contribution in [0.3, 0.4) is 0 Å². The van der Waals surface area contributed by atoms with Crippen LogP contribution in [-0.4, -0.2) is 23.5 Å². The summed E-state index contributed by atoms with van der Waals surface area (Å²) in [5, 5.41) is 9.39. The SMILES string of the molecule is Cc1cccc(C)c1N1CC(C)(C(=O)O)C(C)C1=O. The molecule has 2 rings (SSSR count). The molecule has 0 aliphatic carbocycles. The normalized spacial score (nSPS) is 26.8. The summed E-state index contributed by atoms with van der Waals surface area (Å²) in [6.07, 6.45) is 0. The van der Waals surface area contributed by atoms with E-state index in [1.165, 1.54) is 0 Å². The van der Waals surface area contributed by atoms with Crippen molar-refractivity contribution in [2.45, 2.75) is 27.7 Å². The van der Waals surface area contributed by atoms with Gasteiger partial charge in [-0.1, -0.05) is 25.1 Å². The third-order valence-corrected chi connectivity index (χ3v) is 4.28. The molecule has 1 aliphatic heterocycles. The van der Waals surface area contributed by atoms with Gasteiger partial charge >= 0.3 is 5.97 Å². The minimum absolute atomic E-state index is 0.109. The largest absolute Gasteiger partial charge is 0.481 e. The van der Waals surface area contributed by atoms with Crippen molar-refractivity contribution in [1.29, 1.82) is 0 Å². The zero-order valence-corrected chi connectivity index (χ0v) is 11.7. The van der Waals surface area contributed by atoms with E-state index in [2.05, 4.69) is 0 Å². The Morgan fingerprint density at radius 1 is 1.37 bits per heavy atom. The smallest absolute Gasteiger partial charge is 0.311 e. The molecular formula is C15H19NO3. The number of benzene rings is 1. The van der Waals surface area contributed by atoms with E-state index in [1.54, 1.807) is 18.7 Å². The molecule has 1 aromatic carbocycles. The molecule has 1 aliphatic rings. The van der Waals surface area contributed by atoms with Crippen molar-refractivity contribution in [1.82, 2.24) is 0 Å². The number of anilines is 1. The van der Waals surface area contributed by atoms with Crippen LogP contribution in [0.15, 0.2) is 18.2 Å². The third-order valence-electron chi connectivity index (χ3n) is 4.28. The van der Waals surface area contributed by atoms with Gasteiger partial charge in [-0.15, -0.1) is 0 Å². The van der Waals surface area contributed by atoms with E-state index in [9.17, 15) is 14.7 Å². The molecular weight excluding hydrogens is 242 g/mol. The molecule has 102 valence electrons. The first-order chi connectivity index (χ1) is 8.79. The fourth-order valence-corrected chi connectivity index (χ4v) is 2.72. The van der Waals surface area contributed by atoms with Crippen LogP contribution in [0.1, 0.15) is 25.0 Å². The van der Waals surface area contributed by atoms with E-state index in [4.69, 9.17) is 0 Å². The Morgan fingerprint density at radius 3 is 2.32 bits per heavy atom. The number of carbonyl (C=O) groups excluding carboxylic acids is 1. The second kappa shape index (κ2) is 4.37. The van der Waals surface area contributed by atoms with Gasteiger partial charge in [0.25, 0.3) is 0 Å². The fourth-order valence-electron chi connectivity index (χ4n) is 2.72. The quantitative estimate of drug-likeness (QED) is 0.889. The highest BCUT2D eigenvalue weighted by Crippen LogP contribution is 2.41. The van der Waals surface area contributed by atoms with Gasteiger partial charge < -0.3 is 10.0 Å². The Hall–Kier alpha value is -1.84. The lowest BCUT2D eigenvalue weighted by molar-refractivity contribution is -0.150. The Bertz CT molecular complexity index is 532. The lowest BCUT2D eigenvalue weighted by Gasteiger charge is -2.23. The van der Waals surface area contributed by atoms with Crippen LogP contribution in [0.4, 0.5) is 5.69 Å². The van der Waals surface area contributed by atoms with Crippen LogP contribution < -0.4 is 4.90 Å². The minimum atomic E-state index is -1.02. The van der Waals surface area contributed by atoms with Gasteiger partial charge in [0.15, 0.2) is 0 Å². The molecule has 0 aromatic heterocycles. The molecule has 2 unspecified atom stereocenters. The van der Waals surface area contributed by atoms with Crippen molar-refractivity contribution >= 4 is 17.6 Å². The van der Waals surface area contributed by atoms with Crippen molar-refractivity contribution in [2.24, 2.45) is 11.3 Å². The number of aryl methyl sites for hydroxylation is 2. The average molecular weight is 261 g/mol. The van der Waals surface area contributed by atoms with Gasteiger partial charge in [0.1, 0.15) is 0 Å². The molecule has 0 saturated carbocycles. The van der Waals surface area contributed by atoms with Crippen LogP contribution in [0, 0.1) is 25.2 Å². The van der Waals surface area contributed by atoms with E-state index in [-0.39, 0.29) is 12.5 Å². The number of hydrogen-bond acceptors (Lipinski definition) is 2. The van der Waals surface area contributed by atoms with Gasteiger partial charge in [0, 0.05) is 12.2 Å². The maximum atomic E-state index is 12.4. The molecule has 1 amide bonds. The summed E-state index contributed by atoms with van der Waals surface area (Å²) in [6.45, 7) is 7.46. The number of carbonyl (C=O) groups is 2. The standard InChI is InChI=1S/C15H19NO3/c1-9-6-5-7-10(2)12(9)16-8-15(4,14(18)19)11(3)13(16)17/h5-7,11H,8H2,1-4H3,(H,18,19). The van der Waals surface area contributed by atoms with Gasteiger partial charge in [0.05, 0.1) is 11.3 Å². The van der Waals surface area contributed by atoms with E-state index < -0.39 is 17.3 Å².